The molecule has 20 heavy (non-hydrogen) atoms. The minimum absolute atomic E-state index is 0.142. The highest BCUT2D eigenvalue weighted by Gasteiger charge is 2.15. The van der Waals surface area contributed by atoms with Crippen molar-refractivity contribution in [1.82, 2.24) is 10.3 Å². The van der Waals surface area contributed by atoms with E-state index in [2.05, 4.69) is 57.1 Å². The minimum Gasteiger partial charge on any atom is -0.346 e. The van der Waals surface area contributed by atoms with Gasteiger partial charge in [-0.2, -0.15) is 0 Å². The molecular formula is C16H31N3S. The normalized spacial score (nSPS) is 12.2. The molecule has 1 aromatic heterocycles. The zero-order chi connectivity index (χ0) is 15.2. The number of thiazole rings is 1. The molecule has 0 bridgehead atoms. The zero-order valence-electron chi connectivity index (χ0n) is 14.0. The molecule has 0 saturated carbocycles. The first-order valence-corrected chi connectivity index (χ1v) is 8.67. The Hall–Kier alpha value is -0.610. The summed E-state index contributed by atoms with van der Waals surface area (Å²) in [6.07, 6.45) is 3.82. The molecule has 0 aliphatic rings. The van der Waals surface area contributed by atoms with Crippen molar-refractivity contribution in [2.45, 2.75) is 78.9 Å². The number of anilines is 1. The van der Waals surface area contributed by atoms with Crippen molar-refractivity contribution in [3.63, 3.8) is 0 Å². The fourth-order valence-electron chi connectivity index (χ4n) is 1.97. The van der Waals surface area contributed by atoms with E-state index in [0.29, 0.717) is 6.04 Å². The third-order valence-electron chi connectivity index (χ3n) is 3.21. The van der Waals surface area contributed by atoms with Crippen molar-refractivity contribution in [1.29, 1.82) is 0 Å². The Morgan fingerprint density at radius 2 is 2.00 bits per heavy atom. The number of rotatable bonds is 8. The average molecular weight is 298 g/mol. The summed E-state index contributed by atoms with van der Waals surface area (Å²) in [5, 5.41) is 6.85. The molecule has 0 saturated heterocycles. The van der Waals surface area contributed by atoms with E-state index in [0.717, 1.165) is 18.8 Å². The predicted octanol–water partition coefficient (Wildman–Crippen LogP) is 4.44. The number of hydrogen-bond acceptors (Lipinski definition) is 4. The van der Waals surface area contributed by atoms with E-state index in [-0.39, 0.29) is 5.54 Å². The molecule has 116 valence electrons. The van der Waals surface area contributed by atoms with E-state index in [1.54, 1.807) is 11.3 Å². The van der Waals surface area contributed by atoms with E-state index in [4.69, 9.17) is 4.98 Å². The Morgan fingerprint density at radius 3 is 2.55 bits per heavy atom. The molecule has 0 aliphatic heterocycles. The maximum atomic E-state index is 4.80. The lowest BCUT2D eigenvalue weighted by molar-refractivity contribution is 0.422. The quantitative estimate of drug-likeness (QED) is 0.719. The Balaban J connectivity index is 2.61. The second-order valence-electron chi connectivity index (χ2n) is 6.72. The largest absolute Gasteiger partial charge is 0.346 e. The standard InChI is InChI=1S/C16H31N3S/c1-7-8-9-10-19(13(2)3)15-18-14(12-20-15)11-17-16(4,5)6/h12-13,17H,7-11H2,1-6H3. The van der Waals surface area contributed by atoms with Gasteiger partial charge >= 0.3 is 0 Å². The first-order valence-electron chi connectivity index (χ1n) is 7.79. The molecule has 0 aromatic carbocycles. The molecule has 4 heteroatoms. The van der Waals surface area contributed by atoms with Crippen LogP contribution in [0, 0.1) is 0 Å². The van der Waals surface area contributed by atoms with Gasteiger partial charge in [-0.25, -0.2) is 4.98 Å². The van der Waals surface area contributed by atoms with Crippen LogP contribution in [0.15, 0.2) is 5.38 Å². The van der Waals surface area contributed by atoms with Crippen molar-refractivity contribution in [3.8, 4) is 0 Å². The van der Waals surface area contributed by atoms with Crippen molar-refractivity contribution >= 4 is 16.5 Å². The van der Waals surface area contributed by atoms with Gasteiger partial charge in [-0.15, -0.1) is 11.3 Å². The highest BCUT2D eigenvalue weighted by atomic mass is 32.1. The SMILES string of the molecule is CCCCCN(c1nc(CNC(C)(C)C)cs1)C(C)C. The van der Waals surface area contributed by atoms with E-state index in [1.807, 2.05) is 0 Å². The van der Waals surface area contributed by atoms with E-state index < -0.39 is 0 Å². The lowest BCUT2D eigenvalue weighted by atomic mass is 10.1. The van der Waals surface area contributed by atoms with Gasteiger partial charge in [-0.3, -0.25) is 0 Å². The molecule has 1 aromatic rings. The van der Waals surface area contributed by atoms with Gasteiger partial charge in [0, 0.05) is 30.1 Å². The van der Waals surface area contributed by atoms with Crippen LogP contribution in [0.1, 0.15) is 66.5 Å². The maximum Gasteiger partial charge on any atom is 0.185 e. The molecule has 1 rings (SSSR count). The smallest absolute Gasteiger partial charge is 0.185 e. The molecule has 0 atom stereocenters. The Labute approximate surface area is 128 Å². The first-order chi connectivity index (χ1) is 9.33. The maximum absolute atomic E-state index is 4.80. The third-order valence-corrected chi connectivity index (χ3v) is 4.14. The fourth-order valence-corrected chi connectivity index (χ4v) is 2.96. The molecule has 0 aliphatic carbocycles. The summed E-state index contributed by atoms with van der Waals surface area (Å²) in [6.45, 7) is 15.3. The van der Waals surface area contributed by atoms with Gasteiger partial charge in [-0.05, 0) is 41.0 Å². The number of aromatic nitrogens is 1. The molecule has 0 radical (unpaired) electrons. The molecule has 0 unspecified atom stereocenters. The first kappa shape index (κ1) is 17.4. The lowest BCUT2D eigenvalue weighted by Gasteiger charge is -2.26. The molecule has 1 heterocycles. The van der Waals surface area contributed by atoms with Gasteiger partial charge in [-0.1, -0.05) is 19.8 Å². The summed E-state index contributed by atoms with van der Waals surface area (Å²) in [5.41, 5.74) is 1.30. The number of nitrogens with zero attached hydrogens (tertiary/aromatic N) is 2. The van der Waals surface area contributed by atoms with Gasteiger partial charge in [0.05, 0.1) is 5.69 Å². The summed E-state index contributed by atoms with van der Waals surface area (Å²) in [4.78, 5) is 7.23. The topological polar surface area (TPSA) is 28.2 Å². The lowest BCUT2D eigenvalue weighted by Crippen LogP contribution is -2.35. The van der Waals surface area contributed by atoms with Gasteiger partial charge in [0.25, 0.3) is 0 Å². The van der Waals surface area contributed by atoms with E-state index >= 15 is 0 Å². The van der Waals surface area contributed by atoms with Crippen LogP contribution in [-0.2, 0) is 6.54 Å². The Bertz CT molecular complexity index is 379. The third kappa shape index (κ3) is 6.23. The average Bonchev–Trinajstić information content (AvgIpc) is 2.79. The number of unbranched alkanes of at least 4 members (excludes halogenated alkanes) is 2. The second kappa shape index (κ2) is 7.99. The van der Waals surface area contributed by atoms with E-state index in [1.165, 1.54) is 24.4 Å². The van der Waals surface area contributed by atoms with Crippen LogP contribution < -0.4 is 10.2 Å². The molecule has 1 N–H and O–H groups in total. The summed E-state index contributed by atoms with van der Waals surface area (Å²) in [5.74, 6) is 0. The molecule has 0 amide bonds. The van der Waals surface area contributed by atoms with Crippen LogP contribution >= 0.6 is 11.3 Å². The van der Waals surface area contributed by atoms with E-state index in [9.17, 15) is 0 Å². The van der Waals surface area contributed by atoms with Gasteiger partial charge in [0.2, 0.25) is 0 Å². The highest BCUT2D eigenvalue weighted by molar-refractivity contribution is 7.13. The monoisotopic (exact) mass is 297 g/mol. The summed E-state index contributed by atoms with van der Waals surface area (Å²) in [6, 6.07) is 0.515. The molecule has 0 spiro atoms. The van der Waals surface area contributed by atoms with Crippen molar-refractivity contribution in [2.24, 2.45) is 0 Å². The summed E-state index contributed by atoms with van der Waals surface area (Å²) >= 11 is 1.77. The van der Waals surface area contributed by atoms with Crippen LogP contribution in [-0.4, -0.2) is 23.1 Å². The van der Waals surface area contributed by atoms with Gasteiger partial charge in [0.1, 0.15) is 0 Å². The summed E-state index contributed by atoms with van der Waals surface area (Å²) in [7, 11) is 0. The van der Waals surface area contributed by atoms with Crippen LogP contribution in [0.25, 0.3) is 0 Å². The minimum atomic E-state index is 0.142. The number of hydrogen-bond donors (Lipinski definition) is 1. The second-order valence-corrected chi connectivity index (χ2v) is 7.56. The van der Waals surface area contributed by atoms with Crippen LogP contribution in [0.2, 0.25) is 0 Å². The number of nitrogens with one attached hydrogen (secondary N) is 1. The van der Waals surface area contributed by atoms with Crippen LogP contribution in [0.3, 0.4) is 0 Å². The van der Waals surface area contributed by atoms with Crippen molar-refractivity contribution in [3.05, 3.63) is 11.1 Å². The fraction of sp³-hybridized carbons (Fsp3) is 0.812. The van der Waals surface area contributed by atoms with Gasteiger partial charge in [0.15, 0.2) is 5.13 Å². The van der Waals surface area contributed by atoms with Gasteiger partial charge < -0.3 is 10.2 Å². The Morgan fingerprint density at radius 1 is 1.30 bits per heavy atom. The molecule has 0 fully saturated rings. The van der Waals surface area contributed by atoms with Crippen molar-refractivity contribution in [2.75, 3.05) is 11.4 Å². The van der Waals surface area contributed by atoms with Crippen LogP contribution in [0.4, 0.5) is 5.13 Å². The zero-order valence-corrected chi connectivity index (χ0v) is 14.8. The van der Waals surface area contributed by atoms with Crippen LogP contribution in [0.5, 0.6) is 0 Å². The molecule has 3 nitrogen and oxygen atoms in total. The Kier molecular flexibility index (Phi) is 6.96. The summed E-state index contributed by atoms with van der Waals surface area (Å²) < 4.78 is 0. The molecular weight excluding hydrogens is 266 g/mol. The van der Waals surface area contributed by atoms with Crippen molar-refractivity contribution < 1.29 is 0 Å². The predicted molar refractivity (Wildman–Crippen MR) is 90.7 cm³/mol. The highest BCUT2D eigenvalue weighted by Crippen LogP contribution is 2.23.